The Labute approximate surface area is 68.2 Å². The molecule has 0 aromatic carbocycles. The lowest BCUT2D eigenvalue weighted by atomic mass is 10.6. The third-order valence-electron chi connectivity index (χ3n) is 1.02. The van der Waals surface area contributed by atoms with Crippen molar-refractivity contribution in [3.05, 3.63) is 4.88 Å². The molecule has 0 aliphatic carbocycles. The number of rotatable bonds is 3. The van der Waals surface area contributed by atoms with Gasteiger partial charge < -0.3 is 5.73 Å². The zero-order valence-corrected chi connectivity index (χ0v) is 7.34. The van der Waals surface area contributed by atoms with Crippen molar-refractivity contribution in [2.24, 2.45) is 0 Å². The highest BCUT2D eigenvalue weighted by Crippen LogP contribution is 2.18. The van der Waals surface area contributed by atoms with Crippen LogP contribution in [-0.2, 0) is 5.75 Å². The third-order valence-corrected chi connectivity index (χ3v) is 2.84. The first-order valence-corrected chi connectivity index (χ1v) is 4.92. The van der Waals surface area contributed by atoms with Crippen LogP contribution in [0.15, 0.2) is 0 Å². The number of anilines is 1. The van der Waals surface area contributed by atoms with Crippen LogP contribution in [0, 0.1) is 0 Å². The molecule has 0 saturated heterocycles. The zero-order chi connectivity index (χ0) is 7.40. The second-order valence-corrected chi connectivity index (χ2v) is 3.83. The maximum Gasteiger partial charge on any atom is 0.162 e. The number of aromatic nitrogens is 2. The fourth-order valence-electron chi connectivity index (χ4n) is 0.511. The van der Waals surface area contributed by atoms with E-state index in [9.17, 15) is 0 Å². The smallest absolute Gasteiger partial charge is 0.162 e. The lowest BCUT2D eigenvalue weighted by molar-refractivity contribution is 1.16. The van der Waals surface area contributed by atoms with Crippen LogP contribution in [0.3, 0.4) is 0 Å². The highest BCUT2D eigenvalue weighted by atomic mass is 32.2. The van der Waals surface area contributed by atoms with Crippen LogP contribution < -0.4 is 5.73 Å². The van der Waals surface area contributed by atoms with Gasteiger partial charge in [0.2, 0.25) is 0 Å². The summed E-state index contributed by atoms with van der Waals surface area (Å²) in [5.74, 6) is 2.64. The van der Waals surface area contributed by atoms with Gasteiger partial charge in [-0.2, -0.15) is 11.8 Å². The van der Waals surface area contributed by atoms with Crippen molar-refractivity contribution in [1.29, 1.82) is 0 Å². The molecule has 0 amide bonds. The Morgan fingerprint density at radius 2 is 2.50 bits per heavy atom. The molecular formula is C5H9N3S2. The van der Waals surface area contributed by atoms with Crippen LogP contribution in [0.1, 0.15) is 11.8 Å². The molecule has 1 rings (SSSR count). The minimum absolute atomic E-state index is 0.589. The summed E-state index contributed by atoms with van der Waals surface area (Å²) in [4.78, 5) is 1.09. The molecular weight excluding hydrogens is 166 g/mol. The highest BCUT2D eigenvalue weighted by Gasteiger charge is 2.01. The molecule has 1 aromatic heterocycles. The fourth-order valence-corrected chi connectivity index (χ4v) is 1.87. The van der Waals surface area contributed by atoms with Gasteiger partial charge in [0.1, 0.15) is 0 Å². The van der Waals surface area contributed by atoms with Crippen LogP contribution in [0.2, 0.25) is 0 Å². The molecule has 2 N–H and O–H groups in total. The van der Waals surface area contributed by atoms with Crippen LogP contribution in [0.25, 0.3) is 0 Å². The molecule has 0 atom stereocenters. The molecule has 56 valence electrons. The molecule has 0 unspecified atom stereocenters. The van der Waals surface area contributed by atoms with E-state index in [1.54, 1.807) is 0 Å². The van der Waals surface area contributed by atoms with Gasteiger partial charge in [0.05, 0.1) is 4.88 Å². The molecule has 0 aliphatic rings. The standard InChI is InChI=1S/C5H9N3S2/c1-2-9-3-4-5(6)7-8-10-4/h2-3,6H2,1H3. The summed E-state index contributed by atoms with van der Waals surface area (Å²) in [7, 11) is 0. The van der Waals surface area contributed by atoms with E-state index in [4.69, 9.17) is 5.73 Å². The second kappa shape index (κ2) is 3.78. The largest absolute Gasteiger partial charge is 0.381 e. The van der Waals surface area contributed by atoms with Crippen molar-refractivity contribution in [2.75, 3.05) is 11.5 Å². The average molecular weight is 175 g/mol. The first kappa shape index (κ1) is 7.81. The van der Waals surface area contributed by atoms with Gasteiger partial charge in [-0.1, -0.05) is 11.4 Å². The number of hydrogen-bond acceptors (Lipinski definition) is 5. The van der Waals surface area contributed by atoms with Crippen LogP contribution >= 0.6 is 23.3 Å². The van der Waals surface area contributed by atoms with E-state index in [-0.39, 0.29) is 0 Å². The Morgan fingerprint density at radius 1 is 1.70 bits per heavy atom. The molecule has 1 heterocycles. The Balaban J connectivity index is 2.49. The molecule has 0 fully saturated rings. The van der Waals surface area contributed by atoms with Crippen molar-refractivity contribution in [2.45, 2.75) is 12.7 Å². The predicted octanol–water partition coefficient (Wildman–Crippen LogP) is 1.37. The first-order valence-electron chi connectivity index (χ1n) is 2.99. The molecule has 10 heavy (non-hydrogen) atoms. The van der Waals surface area contributed by atoms with E-state index >= 15 is 0 Å². The minimum atomic E-state index is 0.589. The van der Waals surface area contributed by atoms with Crippen molar-refractivity contribution in [1.82, 2.24) is 9.59 Å². The lowest BCUT2D eigenvalue weighted by Crippen LogP contribution is -1.88. The lowest BCUT2D eigenvalue weighted by Gasteiger charge is -1.92. The summed E-state index contributed by atoms with van der Waals surface area (Å²) in [6.45, 7) is 2.12. The van der Waals surface area contributed by atoms with Crippen LogP contribution in [0.5, 0.6) is 0 Å². The SMILES string of the molecule is CCSCc1snnc1N. The Bertz CT molecular complexity index is 199. The quantitative estimate of drug-likeness (QED) is 0.754. The van der Waals surface area contributed by atoms with Gasteiger partial charge in [-0.05, 0) is 17.3 Å². The molecule has 0 radical (unpaired) electrons. The molecule has 0 bridgehead atoms. The fraction of sp³-hybridized carbons (Fsp3) is 0.600. The van der Waals surface area contributed by atoms with Gasteiger partial charge in [0, 0.05) is 5.75 Å². The van der Waals surface area contributed by atoms with E-state index in [0.717, 1.165) is 16.4 Å². The molecule has 0 saturated carbocycles. The summed E-state index contributed by atoms with van der Waals surface area (Å²) >= 11 is 3.21. The molecule has 0 spiro atoms. The minimum Gasteiger partial charge on any atom is -0.381 e. The van der Waals surface area contributed by atoms with Gasteiger partial charge in [0.15, 0.2) is 5.82 Å². The normalized spacial score (nSPS) is 10.1. The number of nitrogen functional groups attached to an aromatic ring is 1. The van der Waals surface area contributed by atoms with Gasteiger partial charge in [-0.25, -0.2) is 0 Å². The van der Waals surface area contributed by atoms with E-state index in [2.05, 4.69) is 16.5 Å². The molecule has 3 nitrogen and oxygen atoms in total. The van der Waals surface area contributed by atoms with Crippen molar-refractivity contribution < 1.29 is 0 Å². The second-order valence-electron chi connectivity index (χ2n) is 1.72. The summed E-state index contributed by atoms with van der Waals surface area (Å²) in [5, 5.41) is 3.70. The van der Waals surface area contributed by atoms with Gasteiger partial charge in [0.25, 0.3) is 0 Å². The van der Waals surface area contributed by atoms with Crippen LogP contribution in [-0.4, -0.2) is 15.3 Å². The number of nitrogens with zero attached hydrogens (tertiary/aromatic N) is 2. The number of hydrogen-bond donors (Lipinski definition) is 1. The van der Waals surface area contributed by atoms with Gasteiger partial charge in [-0.15, -0.1) is 5.10 Å². The Morgan fingerprint density at radius 3 is 3.00 bits per heavy atom. The monoisotopic (exact) mass is 175 g/mol. The van der Waals surface area contributed by atoms with Crippen LogP contribution in [0.4, 0.5) is 5.82 Å². The first-order chi connectivity index (χ1) is 4.84. The molecule has 0 aliphatic heterocycles. The van der Waals surface area contributed by atoms with E-state index in [1.165, 1.54) is 11.5 Å². The summed E-state index contributed by atoms with van der Waals surface area (Å²) in [5.41, 5.74) is 5.50. The molecule has 5 heteroatoms. The van der Waals surface area contributed by atoms with Crippen molar-refractivity contribution in [3.63, 3.8) is 0 Å². The maximum atomic E-state index is 5.50. The van der Waals surface area contributed by atoms with E-state index in [0.29, 0.717) is 5.82 Å². The van der Waals surface area contributed by atoms with E-state index in [1.807, 2.05) is 11.8 Å². The Kier molecular flexibility index (Phi) is 2.95. The predicted molar refractivity (Wildman–Crippen MR) is 46.2 cm³/mol. The van der Waals surface area contributed by atoms with Crippen molar-refractivity contribution >= 4 is 29.1 Å². The topological polar surface area (TPSA) is 51.8 Å². The Hall–Kier alpha value is -0.290. The summed E-state index contributed by atoms with van der Waals surface area (Å²) in [6, 6.07) is 0. The molecule has 1 aromatic rings. The van der Waals surface area contributed by atoms with Gasteiger partial charge >= 0.3 is 0 Å². The number of nitrogens with two attached hydrogens (primary N) is 1. The highest BCUT2D eigenvalue weighted by molar-refractivity contribution is 7.98. The average Bonchev–Trinajstić information content (AvgIpc) is 2.31. The summed E-state index contributed by atoms with van der Waals surface area (Å²) in [6.07, 6.45) is 0. The van der Waals surface area contributed by atoms with Crippen molar-refractivity contribution in [3.8, 4) is 0 Å². The zero-order valence-electron chi connectivity index (χ0n) is 5.70. The van der Waals surface area contributed by atoms with Gasteiger partial charge in [-0.3, -0.25) is 0 Å². The number of thioether (sulfide) groups is 1. The van der Waals surface area contributed by atoms with E-state index < -0.39 is 0 Å². The third kappa shape index (κ3) is 1.85. The summed E-state index contributed by atoms with van der Waals surface area (Å²) < 4.78 is 3.73. The maximum absolute atomic E-state index is 5.50.